The van der Waals surface area contributed by atoms with Crippen LogP contribution < -0.4 is 10.3 Å². The van der Waals surface area contributed by atoms with Gasteiger partial charge in [-0.05, 0) is 30.5 Å². The lowest BCUT2D eigenvalue weighted by molar-refractivity contribution is -0.134. The van der Waals surface area contributed by atoms with Crippen molar-refractivity contribution in [3.05, 3.63) is 46.8 Å². The second-order valence-corrected chi connectivity index (χ2v) is 10.1. The first kappa shape index (κ1) is 22.0. The summed E-state index contributed by atoms with van der Waals surface area (Å²) in [5.41, 5.74) is 0.825. The highest BCUT2D eigenvalue weighted by Gasteiger charge is 2.35. The minimum atomic E-state index is -3.13. The Hall–Kier alpha value is -2.68. The third kappa shape index (κ3) is 5.08. The number of methoxy groups -OCH3 is 1. The average molecular weight is 434 g/mol. The summed E-state index contributed by atoms with van der Waals surface area (Å²) in [6.45, 7) is 4.12. The molecule has 8 nitrogen and oxygen atoms in total. The monoisotopic (exact) mass is 433 g/mol. The van der Waals surface area contributed by atoms with Gasteiger partial charge < -0.3 is 9.64 Å². The lowest BCUT2D eigenvalue weighted by Gasteiger charge is -2.30. The molecule has 1 fully saturated rings. The van der Waals surface area contributed by atoms with Crippen LogP contribution in [-0.4, -0.2) is 60.2 Å². The van der Waals surface area contributed by atoms with Gasteiger partial charge in [0.1, 0.15) is 12.3 Å². The van der Waals surface area contributed by atoms with Crippen LogP contribution in [0.3, 0.4) is 0 Å². The van der Waals surface area contributed by atoms with E-state index in [0.29, 0.717) is 30.0 Å². The summed E-state index contributed by atoms with van der Waals surface area (Å²) in [6, 6.07) is 9.89. The van der Waals surface area contributed by atoms with Crippen molar-refractivity contribution in [2.45, 2.75) is 32.9 Å². The van der Waals surface area contributed by atoms with Crippen LogP contribution in [0.5, 0.6) is 5.75 Å². The highest BCUT2D eigenvalue weighted by atomic mass is 32.2. The van der Waals surface area contributed by atoms with Gasteiger partial charge in [-0.1, -0.05) is 26.0 Å². The van der Waals surface area contributed by atoms with Gasteiger partial charge in [0.2, 0.25) is 5.91 Å². The number of carbonyl (C=O) groups is 1. The first-order valence-corrected chi connectivity index (χ1v) is 11.7. The molecular formula is C21H27N3O5S. The number of amides is 1. The van der Waals surface area contributed by atoms with Gasteiger partial charge in [0.05, 0.1) is 24.3 Å². The topological polar surface area (TPSA) is 98.6 Å². The largest absolute Gasteiger partial charge is 0.496 e. The Kier molecular flexibility index (Phi) is 6.60. The van der Waals surface area contributed by atoms with Crippen LogP contribution in [0.1, 0.15) is 20.3 Å². The van der Waals surface area contributed by atoms with Gasteiger partial charge in [-0.15, -0.1) is 0 Å². The quantitative estimate of drug-likeness (QED) is 0.658. The van der Waals surface area contributed by atoms with E-state index in [-0.39, 0.29) is 35.9 Å². The molecule has 0 bridgehead atoms. The first-order chi connectivity index (χ1) is 14.2. The maximum absolute atomic E-state index is 13.1. The Morgan fingerprint density at radius 3 is 2.63 bits per heavy atom. The van der Waals surface area contributed by atoms with E-state index in [9.17, 15) is 18.0 Å². The van der Waals surface area contributed by atoms with Crippen LogP contribution >= 0.6 is 0 Å². The number of aromatic nitrogens is 2. The second-order valence-electron chi connectivity index (χ2n) is 7.91. The third-order valence-electron chi connectivity index (χ3n) is 5.07. The standard InChI is InChI=1S/C21H27N3O5S/c1-15(2)12-23(16-10-11-30(27,28)14-16)21(26)13-24-20(25)9-8-18(22-24)17-6-4-5-7-19(17)29-3/h4-9,15-16H,10-14H2,1-3H3/t16-/m1/s1. The molecule has 0 saturated carbocycles. The van der Waals surface area contributed by atoms with Gasteiger partial charge >= 0.3 is 0 Å². The zero-order chi connectivity index (χ0) is 21.9. The molecule has 0 N–H and O–H groups in total. The third-order valence-corrected chi connectivity index (χ3v) is 6.82. The molecule has 0 radical (unpaired) electrons. The minimum absolute atomic E-state index is 0.0327. The van der Waals surface area contributed by atoms with E-state index in [0.717, 1.165) is 4.68 Å². The van der Waals surface area contributed by atoms with Crippen molar-refractivity contribution in [1.29, 1.82) is 0 Å². The summed E-state index contributed by atoms with van der Waals surface area (Å²) in [5, 5.41) is 4.37. The molecule has 1 aliphatic rings. The number of ether oxygens (including phenoxy) is 1. The van der Waals surface area contributed by atoms with Crippen LogP contribution in [0.2, 0.25) is 0 Å². The first-order valence-electron chi connectivity index (χ1n) is 9.91. The minimum Gasteiger partial charge on any atom is -0.496 e. The van der Waals surface area contributed by atoms with Gasteiger partial charge in [-0.25, -0.2) is 13.1 Å². The Morgan fingerprint density at radius 1 is 1.27 bits per heavy atom. The van der Waals surface area contributed by atoms with Crippen molar-refractivity contribution in [3.8, 4) is 17.0 Å². The fraction of sp³-hybridized carbons (Fsp3) is 0.476. The fourth-order valence-corrected chi connectivity index (χ4v) is 5.38. The summed E-state index contributed by atoms with van der Waals surface area (Å²) in [7, 11) is -1.58. The Morgan fingerprint density at radius 2 is 2.00 bits per heavy atom. The van der Waals surface area contributed by atoms with Crippen molar-refractivity contribution in [2.24, 2.45) is 5.92 Å². The van der Waals surface area contributed by atoms with Gasteiger partial charge in [0.25, 0.3) is 5.56 Å². The van der Waals surface area contributed by atoms with E-state index in [4.69, 9.17) is 4.74 Å². The summed E-state index contributed by atoms with van der Waals surface area (Å²) in [4.78, 5) is 27.0. The van der Waals surface area contributed by atoms with E-state index < -0.39 is 15.4 Å². The van der Waals surface area contributed by atoms with Crippen molar-refractivity contribution >= 4 is 15.7 Å². The van der Waals surface area contributed by atoms with Crippen LogP contribution in [0.4, 0.5) is 0 Å². The molecule has 0 unspecified atom stereocenters. The fourth-order valence-electron chi connectivity index (χ4n) is 3.65. The molecule has 0 aliphatic carbocycles. The molecule has 1 aromatic heterocycles. The molecule has 1 aliphatic heterocycles. The normalized spacial score (nSPS) is 17.8. The zero-order valence-electron chi connectivity index (χ0n) is 17.4. The molecule has 2 heterocycles. The molecule has 162 valence electrons. The number of hydrogen-bond acceptors (Lipinski definition) is 6. The van der Waals surface area contributed by atoms with E-state index >= 15 is 0 Å². The molecule has 1 aromatic carbocycles. The molecule has 1 saturated heterocycles. The number of benzene rings is 1. The summed E-state index contributed by atoms with van der Waals surface area (Å²) in [6.07, 6.45) is 0.421. The van der Waals surface area contributed by atoms with Crippen molar-refractivity contribution in [3.63, 3.8) is 0 Å². The summed E-state index contributed by atoms with van der Waals surface area (Å²) in [5.74, 6) is 0.523. The Balaban J connectivity index is 1.88. The summed E-state index contributed by atoms with van der Waals surface area (Å²) >= 11 is 0. The predicted octanol–water partition coefficient (Wildman–Crippen LogP) is 1.59. The van der Waals surface area contributed by atoms with Gasteiger partial charge in [-0.2, -0.15) is 5.10 Å². The number of rotatable bonds is 7. The van der Waals surface area contributed by atoms with Crippen molar-refractivity contribution in [1.82, 2.24) is 14.7 Å². The molecule has 3 rings (SSSR count). The van der Waals surface area contributed by atoms with E-state index in [2.05, 4.69) is 5.10 Å². The van der Waals surface area contributed by atoms with Crippen molar-refractivity contribution in [2.75, 3.05) is 25.2 Å². The molecule has 1 amide bonds. The number of carbonyl (C=O) groups excluding carboxylic acids is 1. The molecule has 9 heteroatoms. The number of nitrogens with zero attached hydrogens (tertiary/aromatic N) is 3. The van der Waals surface area contributed by atoms with Crippen LogP contribution in [0.25, 0.3) is 11.3 Å². The Bertz CT molecular complexity index is 1080. The maximum Gasteiger partial charge on any atom is 0.267 e. The van der Waals surface area contributed by atoms with Crippen LogP contribution in [0.15, 0.2) is 41.2 Å². The Labute approximate surface area is 176 Å². The van der Waals surface area contributed by atoms with E-state index in [1.54, 1.807) is 24.1 Å². The molecular weight excluding hydrogens is 406 g/mol. The number of sulfone groups is 1. The molecule has 1 atom stereocenters. The number of hydrogen-bond donors (Lipinski definition) is 0. The maximum atomic E-state index is 13.1. The highest BCUT2D eigenvalue weighted by molar-refractivity contribution is 7.91. The van der Waals surface area contributed by atoms with Gasteiger partial charge in [0, 0.05) is 24.2 Å². The second kappa shape index (κ2) is 8.99. The molecule has 0 spiro atoms. The van der Waals surface area contributed by atoms with E-state index in [1.807, 2.05) is 32.0 Å². The van der Waals surface area contributed by atoms with E-state index in [1.165, 1.54) is 6.07 Å². The molecule has 30 heavy (non-hydrogen) atoms. The number of para-hydroxylation sites is 1. The average Bonchev–Trinajstić information content (AvgIpc) is 3.07. The predicted molar refractivity (Wildman–Crippen MR) is 114 cm³/mol. The zero-order valence-corrected chi connectivity index (χ0v) is 18.3. The lowest BCUT2D eigenvalue weighted by atomic mass is 10.1. The van der Waals surface area contributed by atoms with Crippen LogP contribution in [0, 0.1) is 5.92 Å². The van der Waals surface area contributed by atoms with Gasteiger partial charge in [0.15, 0.2) is 9.84 Å². The van der Waals surface area contributed by atoms with Gasteiger partial charge in [-0.3, -0.25) is 9.59 Å². The SMILES string of the molecule is COc1ccccc1-c1ccc(=O)n(CC(=O)N(CC(C)C)[C@@H]2CCS(=O)(=O)C2)n1. The summed E-state index contributed by atoms with van der Waals surface area (Å²) < 4.78 is 30.3. The molecule has 2 aromatic rings. The lowest BCUT2D eigenvalue weighted by Crippen LogP contribution is -2.46. The highest BCUT2D eigenvalue weighted by Crippen LogP contribution is 2.27. The van der Waals surface area contributed by atoms with Crippen molar-refractivity contribution < 1.29 is 17.9 Å². The smallest absolute Gasteiger partial charge is 0.267 e. The van der Waals surface area contributed by atoms with Crippen LogP contribution in [-0.2, 0) is 21.2 Å².